The van der Waals surface area contributed by atoms with Crippen molar-refractivity contribution in [3.63, 3.8) is 0 Å². The van der Waals surface area contributed by atoms with Gasteiger partial charge in [0.2, 0.25) is 0 Å². The van der Waals surface area contributed by atoms with Gasteiger partial charge in [0.15, 0.2) is 6.10 Å². The average molecular weight is 824 g/mol. The monoisotopic (exact) mass is 824 g/mol. The van der Waals surface area contributed by atoms with Crippen LogP contribution in [0.15, 0.2) is 48.6 Å². The van der Waals surface area contributed by atoms with Crippen LogP contribution in [-0.4, -0.2) is 49.3 Å². The number of carbonyl (C=O) groups is 2. The quantitative estimate of drug-likeness (QED) is 0.0267. The van der Waals surface area contributed by atoms with Crippen LogP contribution in [0.1, 0.15) is 206 Å². The highest BCUT2D eigenvalue weighted by Gasteiger charge is 2.26. The molecule has 0 aromatic rings. The van der Waals surface area contributed by atoms with Crippen LogP contribution in [0.5, 0.6) is 0 Å². The van der Waals surface area contributed by atoms with Crippen molar-refractivity contribution in [3.8, 4) is 0 Å². The van der Waals surface area contributed by atoms with Crippen molar-refractivity contribution >= 4 is 19.8 Å². The largest absolute Gasteiger partial charge is 0.472 e. The number of phosphoric ester groups is 1. The molecular formula is C47H86NO8P. The van der Waals surface area contributed by atoms with E-state index in [1.165, 1.54) is 122 Å². The standard InChI is InChI=1S/C47H86NO8P/c1-3-5-7-9-11-13-15-17-19-21-22-24-26-28-30-32-34-36-38-40-47(50)56-45(44-55-57(51,52)54-42-41-48)43-53-46(49)39-37-35-33-31-29-27-25-23-20-18-16-14-12-10-8-6-4-2/h12,14,18,20,25,27,31,33,45H,3-11,13,15-17,19,21-24,26,28-30,32,34-44,48H2,1-2H3,(H,51,52)/b14-12-,20-18-,27-25-,33-31-/t45-/m1/s1. The van der Waals surface area contributed by atoms with Gasteiger partial charge in [0.1, 0.15) is 6.61 Å². The number of nitrogens with two attached hydrogens (primary N) is 1. The summed E-state index contributed by atoms with van der Waals surface area (Å²) in [6.07, 6.45) is 50.1. The molecule has 2 atom stereocenters. The van der Waals surface area contributed by atoms with Gasteiger partial charge < -0.3 is 20.1 Å². The molecule has 9 nitrogen and oxygen atoms in total. The lowest BCUT2D eigenvalue weighted by Gasteiger charge is -2.19. The van der Waals surface area contributed by atoms with Crippen LogP contribution in [-0.2, 0) is 32.7 Å². The minimum atomic E-state index is -4.39. The van der Waals surface area contributed by atoms with Crippen LogP contribution in [0, 0.1) is 0 Å². The normalized spacial score (nSPS) is 13.7. The van der Waals surface area contributed by atoms with E-state index >= 15 is 0 Å². The zero-order chi connectivity index (χ0) is 41.8. The van der Waals surface area contributed by atoms with Gasteiger partial charge in [-0.15, -0.1) is 0 Å². The first-order chi connectivity index (χ1) is 27.8. The zero-order valence-corrected chi connectivity index (χ0v) is 37.5. The molecule has 0 aliphatic carbocycles. The Labute approximate surface area is 349 Å². The summed E-state index contributed by atoms with van der Waals surface area (Å²) in [6.45, 7) is 3.66. The van der Waals surface area contributed by atoms with Crippen LogP contribution < -0.4 is 5.73 Å². The van der Waals surface area contributed by atoms with Crippen LogP contribution in [0.25, 0.3) is 0 Å². The number of allylic oxidation sites excluding steroid dienone is 8. The van der Waals surface area contributed by atoms with Crippen molar-refractivity contribution in [2.24, 2.45) is 5.73 Å². The molecule has 0 saturated carbocycles. The molecule has 0 bridgehead atoms. The van der Waals surface area contributed by atoms with E-state index in [9.17, 15) is 19.0 Å². The third-order valence-corrected chi connectivity index (χ3v) is 10.7. The number of hydrogen-bond acceptors (Lipinski definition) is 8. The Kier molecular flexibility index (Phi) is 42.0. The molecule has 332 valence electrons. The van der Waals surface area contributed by atoms with Gasteiger partial charge in [-0.05, 0) is 51.4 Å². The Morgan fingerprint density at radius 1 is 0.526 bits per heavy atom. The number of rotatable bonds is 43. The summed E-state index contributed by atoms with van der Waals surface area (Å²) in [5.74, 6) is -0.889. The predicted molar refractivity (Wildman–Crippen MR) is 238 cm³/mol. The summed E-state index contributed by atoms with van der Waals surface area (Å²) >= 11 is 0. The molecule has 0 aliphatic rings. The van der Waals surface area contributed by atoms with E-state index in [0.717, 1.165) is 44.9 Å². The Hall–Kier alpha value is -2.03. The highest BCUT2D eigenvalue weighted by Crippen LogP contribution is 2.43. The Balaban J connectivity index is 4.18. The fraction of sp³-hybridized carbons (Fsp3) is 0.787. The van der Waals surface area contributed by atoms with Gasteiger partial charge in [0.05, 0.1) is 13.2 Å². The van der Waals surface area contributed by atoms with Gasteiger partial charge in [-0.25, -0.2) is 4.57 Å². The van der Waals surface area contributed by atoms with E-state index in [2.05, 4.69) is 62.5 Å². The smallest absolute Gasteiger partial charge is 0.462 e. The molecule has 57 heavy (non-hydrogen) atoms. The summed E-state index contributed by atoms with van der Waals surface area (Å²) in [5, 5.41) is 0. The molecule has 0 aliphatic heterocycles. The lowest BCUT2D eigenvalue weighted by atomic mass is 10.0. The van der Waals surface area contributed by atoms with Crippen LogP contribution in [0.4, 0.5) is 0 Å². The second-order valence-electron chi connectivity index (χ2n) is 15.3. The number of phosphoric acid groups is 1. The lowest BCUT2D eigenvalue weighted by Crippen LogP contribution is -2.29. The summed E-state index contributed by atoms with van der Waals surface area (Å²) in [4.78, 5) is 34.9. The molecule has 0 heterocycles. The minimum Gasteiger partial charge on any atom is -0.462 e. The zero-order valence-electron chi connectivity index (χ0n) is 36.6. The van der Waals surface area contributed by atoms with Gasteiger partial charge in [-0.1, -0.05) is 191 Å². The number of ether oxygens (including phenoxy) is 2. The molecule has 0 amide bonds. The van der Waals surface area contributed by atoms with Crippen molar-refractivity contribution in [2.75, 3.05) is 26.4 Å². The van der Waals surface area contributed by atoms with Crippen molar-refractivity contribution in [3.05, 3.63) is 48.6 Å². The van der Waals surface area contributed by atoms with Gasteiger partial charge in [0.25, 0.3) is 0 Å². The van der Waals surface area contributed by atoms with Crippen molar-refractivity contribution < 1.29 is 37.6 Å². The highest BCUT2D eigenvalue weighted by molar-refractivity contribution is 7.47. The average Bonchev–Trinajstić information content (AvgIpc) is 3.20. The van der Waals surface area contributed by atoms with E-state index in [0.29, 0.717) is 12.8 Å². The van der Waals surface area contributed by atoms with Crippen molar-refractivity contribution in [1.29, 1.82) is 0 Å². The summed E-state index contributed by atoms with van der Waals surface area (Å²) in [6, 6.07) is 0. The molecule has 0 saturated heterocycles. The molecular weight excluding hydrogens is 737 g/mol. The van der Waals surface area contributed by atoms with Crippen LogP contribution in [0.3, 0.4) is 0 Å². The molecule has 3 N–H and O–H groups in total. The molecule has 0 spiro atoms. The van der Waals surface area contributed by atoms with E-state index in [1.807, 2.05) is 0 Å². The van der Waals surface area contributed by atoms with Crippen LogP contribution in [0.2, 0.25) is 0 Å². The molecule has 0 rings (SSSR count). The molecule has 0 fully saturated rings. The SMILES string of the molecule is CCCCC/C=C\C/C=C\C/C=C\C/C=C\CCCC(=O)OC[C@H](COP(=O)(O)OCCN)OC(=O)CCCCCCCCCCCCCCCCCCCCC. The summed E-state index contributed by atoms with van der Waals surface area (Å²) in [7, 11) is -4.39. The van der Waals surface area contributed by atoms with Gasteiger partial charge in [0, 0.05) is 19.4 Å². The molecule has 0 aromatic heterocycles. The van der Waals surface area contributed by atoms with Crippen molar-refractivity contribution in [1.82, 2.24) is 0 Å². The second-order valence-corrected chi connectivity index (χ2v) is 16.7. The maximum absolute atomic E-state index is 12.6. The maximum Gasteiger partial charge on any atom is 0.472 e. The van der Waals surface area contributed by atoms with Crippen LogP contribution >= 0.6 is 7.82 Å². The van der Waals surface area contributed by atoms with Gasteiger partial charge in [-0.3, -0.25) is 18.6 Å². The number of carbonyl (C=O) groups excluding carboxylic acids is 2. The maximum atomic E-state index is 12.6. The van der Waals surface area contributed by atoms with E-state index in [-0.39, 0.29) is 32.6 Å². The predicted octanol–water partition coefficient (Wildman–Crippen LogP) is 13.5. The summed E-state index contributed by atoms with van der Waals surface area (Å²) in [5.41, 5.74) is 5.35. The molecule has 10 heteroatoms. The number of hydrogen-bond donors (Lipinski definition) is 2. The highest BCUT2D eigenvalue weighted by atomic mass is 31.2. The van der Waals surface area contributed by atoms with Crippen molar-refractivity contribution in [2.45, 2.75) is 213 Å². The second kappa shape index (κ2) is 43.5. The Morgan fingerprint density at radius 2 is 0.930 bits per heavy atom. The van der Waals surface area contributed by atoms with E-state index in [1.54, 1.807) is 0 Å². The van der Waals surface area contributed by atoms with Gasteiger partial charge in [-0.2, -0.15) is 0 Å². The van der Waals surface area contributed by atoms with Gasteiger partial charge >= 0.3 is 19.8 Å². The minimum absolute atomic E-state index is 0.0461. The first kappa shape index (κ1) is 55.0. The Bertz CT molecular complexity index is 1080. The number of esters is 2. The third-order valence-electron chi connectivity index (χ3n) is 9.72. The fourth-order valence-corrected chi connectivity index (χ4v) is 7.04. The third kappa shape index (κ3) is 43.4. The molecule has 1 unspecified atom stereocenters. The number of unbranched alkanes of at least 4 members (excludes halogenated alkanes) is 22. The topological polar surface area (TPSA) is 134 Å². The van der Waals surface area contributed by atoms with E-state index < -0.39 is 32.5 Å². The van der Waals surface area contributed by atoms with E-state index in [4.69, 9.17) is 24.3 Å². The molecule has 0 radical (unpaired) electrons. The Morgan fingerprint density at radius 3 is 1.40 bits per heavy atom. The first-order valence-corrected chi connectivity index (χ1v) is 24.6. The molecule has 0 aromatic carbocycles. The lowest BCUT2D eigenvalue weighted by molar-refractivity contribution is -0.161. The fourth-order valence-electron chi connectivity index (χ4n) is 6.27. The first-order valence-electron chi connectivity index (χ1n) is 23.1. The summed E-state index contributed by atoms with van der Waals surface area (Å²) < 4.78 is 32.8.